The van der Waals surface area contributed by atoms with Gasteiger partial charge in [-0.3, -0.25) is 14.4 Å². The number of likely N-dealkylation sites (tertiary alicyclic amines) is 2. The van der Waals surface area contributed by atoms with Crippen molar-refractivity contribution in [2.24, 2.45) is 29.6 Å². The van der Waals surface area contributed by atoms with E-state index >= 15 is 0 Å². The zero-order valence-electron chi connectivity index (χ0n) is 29.2. The van der Waals surface area contributed by atoms with Crippen molar-refractivity contribution in [2.75, 3.05) is 38.6 Å². The van der Waals surface area contributed by atoms with E-state index in [0.29, 0.717) is 35.7 Å². The summed E-state index contributed by atoms with van der Waals surface area (Å²) in [6.45, 7) is 7.87. The first-order chi connectivity index (χ1) is 23.8. The summed E-state index contributed by atoms with van der Waals surface area (Å²) in [5.74, 6) is 0.179. The van der Waals surface area contributed by atoms with Crippen LogP contribution < -0.4 is 15.4 Å². The van der Waals surface area contributed by atoms with Gasteiger partial charge in [0.1, 0.15) is 17.4 Å². The summed E-state index contributed by atoms with van der Waals surface area (Å²) in [4.78, 5) is 46.9. The Morgan fingerprint density at radius 1 is 0.959 bits per heavy atom. The second kappa shape index (κ2) is 14.3. The molecule has 4 aliphatic heterocycles. The maximum Gasteiger partial charge on any atom is 0.246 e. The summed E-state index contributed by atoms with van der Waals surface area (Å²) < 4.78 is 11.9. The number of carbonyl (C=O) groups excluding carboxylic acids is 3. The van der Waals surface area contributed by atoms with Crippen LogP contribution in [-0.2, 0) is 25.5 Å². The topological polar surface area (TPSA) is 100 Å². The van der Waals surface area contributed by atoms with Crippen molar-refractivity contribution in [1.29, 1.82) is 0 Å². The van der Waals surface area contributed by atoms with Crippen LogP contribution in [0.3, 0.4) is 0 Å². The summed E-state index contributed by atoms with van der Waals surface area (Å²) in [6.07, 6.45) is 10.6. The number of carbonyl (C=O) groups is 3. The molecule has 1 saturated carbocycles. The van der Waals surface area contributed by atoms with Gasteiger partial charge in [-0.15, -0.1) is 0 Å². The first-order valence-electron chi connectivity index (χ1n) is 18.5. The molecule has 0 radical (unpaired) electrons. The van der Waals surface area contributed by atoms with Gasteiger partial charge in [-0.1, -0.05) is 69.2 Å². The Bertz CT molecular complexity index is 1520. The molecule has 49 heavy (non-hydrogen) atoms. The lowest BCUT2D eigenvalue weighted by Crippen LogP contribution is -2.58. The predicted octanol–water partition coefficient (Wildman–Crippen LogP) is 5.07. The van der Waals surface area contributed by atoms with Crippen molar-refractivity contribution in [1.82, 2.24) is 15.1 Å². The maximum absolute atomic E-state index is 14.5. The van der Waals surface area contributed by atoms with E-state index in [0.717, 1.165) is 64.6 Å². The number of methoxy groups -OCH3 is 1. The molecule has 1 aliphatic carbocycles. The first kappa shape index (κ1) is 33.8. The molecule has 7 rings (SSSR count). The summed E-state index contributed by atoms with van der Waals surface area (Å²) >= 11 is 0. The number of piperidine rings is 1. The monoisotopic (exact) mass is 668 g/mol. The van der Waals surface area contributed by atoms with Crippen LogP contribution in [0.15, 0.2) is 66.7 Å². The molecule has 4 fully saturated rings. The van der Waals surface area contributed by atoms with Crippen LogP contribution in [0.2, 0.25) is 0 Å². The van der Waals surface area contributed by atoms with Crippen molar-refractivity contribution in [3.8, 4) is 5.75 Å². The molecule has 3 amide bonds. The Balaban J connectivity index is 1.05. The number of fused-ring (bicyclic) bond motifs is 1. The van der Waals surface area contributed by atoms with Gasteiger partial charge in [-0.25, -0.2) is 0 Å². The third-order valence-electron chi connectivity index (χ3n) is 12.3. The molecule has 1 spiro atoms. The van der Waals surface area contributed by atoms with Crippen LogP contribution in [0.4, 0.5) is 5.69 Å². The lowest BCUT2D eigenvalue weighted by atomic mass is 9.73. The number of nitrogens with one attached hydrogen (secondary N) is 2. The smallest absolute Gasteiger partial charge is 0.246 e. The van der Waals surface area contributed by atoms with Crippen LogP contribution in [0, 0.1) is 29.6 Å². The Morgan fingerprint density at radius 2 is 1.71 bits per heavy atom. The van der Waals surface area contributed by atoms with Crippen LogP contribution in [-0.4, -0.2) is 84.6 Å². The summed E-state index contributed by atoms with van der Waals surface area (Å²) in [6, 6.07) is 17.1. The summed E-state index contributed by atoms with van der Waals surface area (Å²) in [5.41, 5.74) is 0.866. The molecule has 2 aromatic carbocycles. The van der Waals surface area contributed by atoms with Crippen molar-refractivity contribution in [2.45, 2.75) is 82.6 Å². The van der Waals surface area contributed by atoms with Gasteiger partial charge in [0.2, 0.25) is 17.7 Å². The van der Waals surface area contributed by atoms with E-state index < -0.39 is 29.6 Å². The third-order valence-corrected chi connectivity index (χ3v) is 12.3. The molecule has 2 N–H and O–H groups in total. The highest BCUT2D eigenvalue weighted by Crippen LogP contribution is 2.55. The molecular formula is C40H52N4O5. The molecule has 9 nitrogen and oxygen atoms in total. The second-order valence-electron chi connectivity index (χ2n) is 15.2. The van der Waals surface area contributed by atoms with Crippen molar-refractivity contribution >= 4 is 23.4 Å². The number of amides is 3. The van der Waals surface area contributed by atoms with Crippen LogP contribution in [0.5, 0.6) is 5.75 Å². The molecule has 2 bridgehead atoms. The Morgan fingerprint density at radius 3 is 2.45 bits per heavy atom. The zero-order valence-corrected chi connectivity index (χ0v) is 29.2. The molecule has 9 heteroatoms. The van der Waals surface area contributed by atoms with E-state index in [9.17, 15) is 14.4 Å². The van der Waals surface area contributed by atoms with E-state index in [1.807, 2.05) is 12.2 Å². The number of benzene rings is 2. The van der Waals surface area contributed by atoms with Crippen LogP contribution >= 0.6 is 0 Å². The average Bonchev–Trinajstić information content (AvgIpc) is 3.75. The number of hydrogen-bond acceptors (Lipinski definition) is 6. The summed E-state index contributed by atoms with van der Waals surface area (Å²) in [7, 11) is 1.60. The average molecular weight is 669 g/mol. The SMILES string of the molecule is COc1ccc(NC(=O)[C@H]2[C@H]3C=C[C@@]4(O3)[C@H]2C(=O)N(CCCN2CCC(Cc3ccccc3)CC2)[C@@H]4C(=O)N[C@@H]2CCC[C@@H](C)[C@@H]2C)cc1. The Kier molecular flexibility index (Phi) is 9.84. The van der Waals surface area contributed by atoms with Crippen LogP contribution in [0.1, 0.15) is 57.9 Å². The minimum absolute atomic E-state index is 0.0533. The Hall–Kier alpha value is -3.69. The van der Waals surface area contributed by atoms with E-state index in [1.165, 1.54) is 5.56 Å². The van der Waals surface area contributed by atoms with Crippen molar-refractivity contribution in [3.05, 3.63) is 72.3 Å². The minimum Gasteiger partial charge on any atom is -0.497 e. The molecule has 3 saturated heterocycles. The second-order valence-corrected chi connectivity index (χ2v) is 15.2. The molecule has 8 atom stereocenters. The third kappa shape index (κ3) is 6.64. The predicted molar refractivity (Wildman–Crippen MR) is 189 cm³/mol. The Labute approximate surface area is 290 Å². The molecule has 2 aromatic rings. The van der Waals surface area contributed by atoms with Crippen molar-refractivity contribution < 1.29 is 23.9 Å². The molecule has 0 unspecified atom stereocenters. The van der Waals surface area contributed by atoms with E-state index in [2.05, 4.69) is 59.7 Å². The van der Waals surface area contributed by atoms with Crippen LogP contribution in [0.25, 0.3) is 0 Å². The number of rotatable bonds is 11. The number of nitrogens with zero attached hydrogens (tertiary/aromatic N) is 2. The highest BCUT2D eigenvalue weighted by atomic mass is 16.5. The van der Waals surface area contributed by atoms with Crippen molar-refractivity contribution in [3.63, 3.8) is 0 Å². The van der Waals surface area contributed by atoms with Gasteiger partial charge in [0.05, 0.1) is 25.0 Å². The molecule has 0 aromatic heterocycles. The van der Waals surface area contributed by atoms with Gasteiger partial charge in [0.25, 0.3) is 0 Å². The first-order valence-corrected chi connectivity index (χ1v) is 18.5. The highest BCUT2D eigenvalue weighted by Gasteiger charge is 2.72. The van der Waals surface area contributed by atoms with Gasteiger partial charge in [-0.2, -0.15) is 0 Å². The maximum atomic E-state index is 14.5. The number of ether oxygens (including phenoxy) is 2. The van der Waals surface area contributed by atoms with E-state index in [-0.39, 0.29) is 23.8 Å². The lowest BCUT2D eigenvalue weighted by Gasteiger charge is -2.38. The van der Waals surface area contributed by atoms with Gasteiger partial charge in [0.15, 0.2) is 0 Å². The normalized spacial score (nSPS) is 32.7. The standard InChI is InChI=1S/C40H52N4O5/c1-26-9-7-12-32(27(26)2)42-38(46)36-40-20-17-33(49-40)34(37(45)41-30-13-15-31(48-3)16-14-30)35(40)39(47)44(36)22-8-21-43-23-18-29(19-24-43)25-28-10-5-4-6-11-28/h4-6,10-11,13-17,20,26-27,29,32-36H,7-9,12,18-19,21-25H2,1-3H3,(H,41,45)(H,42,46)/t26-,27+,32-,33-,34+,35-,36-,40-/m1/s1. The largest absolute Gasteiger partial charge is 0.497 e. The molecule has 5 aliphatic rings. The van der Waals surface area contributed by atoms with Gasteiger partial charge < -0.3 is 29.9 Å². The van der Waals surface area contributed by atoms with Gasteiger partial charge >= 0.3 is 0 Å². The fraction of sp³-hybridized carbons (Fsp3) is 0.575. The highest BCUT2D eigenvalue weighted by molar-refractivity contribution is 6.02. The molecule has 4 heterocycles. The lowest BCUT2D eigenvalue weighted by molar-refractivity contribution is -0.141. The number of hydrogen-bond donors (Lipinski definition) is 2. The van der Waals surface area contributed by atoms with E-state index in [4.69, 9.17) is 9.47 Å². The quantitative estimate of drug-likeness (QED) is 0.325. The minimum atomic E-state index is -1.16. The summed E-state index contributed by atoms with van der Waals surface area (Å²) in [5, 5.41) is 6.38. The van der Waals surface area contributed by atoms with E-state index in [1.54, 1.807) is 36.3 Å². The molecule has 262 valence electrons. The zero-order chi connectivity index (χ0) is 34.1. The molecular weight excluding hydrogens is 616 g/mol. The van der Waals surface area contributed by atoms with Gasteiger partial charge in [-0.05, 0) is 99.3 Å². The van der Waals surface area contributed by atoms with Gasteiger partial charge in [0, 0.05) is 18.3 Å². The fourth-order valence-corrected chi connectivity index (χ4v) is 9.28. The number of anilines is 1. The fourth-order valence-electron chi connectivity index (χ4n) is 9.28.